The highest BCUT2D eigenvalue weighted by Gasteiger charge is 2.49. The predicted octanol–water partition coefficient (Wildman–Crippen LogP) is 2.46. The van der Waals surface area contributed by atoms with E-state index >= 15 is 0 Å². The third kappa shape index (κ3) is 2.87. The number of carboxylic acid groups (broad SMARTS) is 1. The van der Waals surface area contributed by atoms with Crippen molar-refractivity contribution in [2.24, 2.45) is 17.8 Å². The predicted molar refractivity (Wildman–Crippen MR) is 78.9 cm³/mol. The number of rotatable bonds is 2. The number of nitrogens with one attached hydrogen (secondary N) is 1. The molecule has 3 fully saturated rings. The molecular weight excluding hydrogens is 268 g/mol. The van der Waals surface area contributed by atoms with E-state index < -0.39 is 12.0 Å². The maximum Gasteiger partial charge on any atom is 0.326 e. The summed E-state index contributed by atoms with van der Waals surface area (Å²) >= 11 is 0. The van der Waals surface area contributed by atoms with Gasteiger partial charge in [-0.3, -0.25) is 0 Å². The zero-order valence-electron chi connectivity index (χ0n) is 12.8. The number of carbonyl (C=O) groups is 2. The molecule has 118 valence electrons. The van der Waals surface area contributed by atoms with E-state index in [4.69, 9.17) is 0 Å². The van der Waals surface area contributed by atoms with E-state index in [-0.39, 0.29) is 18.0 Å². The summed E-state index contributed by atoms with van der Waals surface area (Å²) in [7, 11) is 0. The standard InChI is InChI=1S/C16H26N2O3/c1-10-4-2-6-12(8-10)17-16(21)18-9-11-5-3-7-13(11)14(18)15(19)20/h10-14H,2-9H2,1H3,(H,17,21)(H,19,20). The molecule has 0 aromatic carbocycles. The van der Waals surface area contributed by atoms with Gasteiger partial charge in [-0.15, -0.1) is 0 Å². The average Bonchev–Trinajstić information content (AvgIpc) is 2.97. The molecule has 3 aliphatic rings. The molecule has 0 bridgehead atoms. The van der Waals surface area contributed by atoms with Gasteiger partial charge in [-0.1, -0.05) is 26.2 Å². The molecule has 0 aromatic rings. The maximum atomic E-state index is 12.5. The Labute approximate surface area is 126 Å². The van der Waals surface area contributed by atoms with E-state index in [9.17, 15) is 14.7 Å². The van der Waals surface area contributed by atoms with Crippen molar-refractivity contribution in [1.82, 2.24) is 10.2 Å². The number of nitrogens with zero attached hydrogens (tertiary/aromatic N) is 1. The van der Waals surface area contributed by atoms with Crippen LogP contribution in [0.3, 0.4) is 0 Å². The Morgan fingerprint density at radius 3 is 2.62 bits per heavy atom. The molecule has 0 spiro atoms. The monoisotopic (exact) mass is 294 g/mol. The summed E-state index contributed by atoms with van der Waals surface area (Å²) in [5, 5.41) is 12.6. The average molecular weight is 294 g/mol. The van der Waals surface area contributed by atoms with Crippen LogP contribution < -0.4 is 5.32 Å². The number of likely N-dealkylation sites (tertiary alicyclic amines) is 1. The number of aliphatic carboxylic acids is 1. The largest absolute Gasteiger partial charge is 0.480 e. The van der Waals surface area contributed by atoms with Gasteiger partial charge >= 0.3 is 12.0 Å². The van der Waals surface area contributed by atoms with Crippen molar-refractivity contribution in [3.8, 4) is 0 Å². The molecule has 2 aliphatic carbocycles. The van der Waals surface area contributed by atoms with Crippen LogP contribution in [0.15, 0.2) is 0 Å². The number of hydrogen-bond acceptors (Lipinski definition) is 2. The number of amides is 2. The van der Waals surface area contributed by atoms with Crippen molar-refractivity contribution in [3.05, 3.63) is 0 Å². The van der Waals surface area contributed by atoms with Crippen LogP contribution in [0, 0.1) is 17.8 Å². The Morgan fingerprint density at radius 2 is 1.90 bits per heavy atom. The van der Waals surface area contributed by atoms with E-state index in [2.05, 4.69) is 12.2 Å². The second-order valence-corrected chi connectivity index (χ2v) is 7.21. The lowest BCUT2D eigenvalue weighted by atomic mass is 9.87. The molecule has 2 amide bonds. The van der Waals surface area contributed by atoms with Crippen LogP contribution in [0.25, 0.3) is 0 Å². The highest BCUT2D eigenvalue weighted by Crippen LogP contribution is 2.42. The Kier molecular flexibility index (Phi) is 4.09. The smallest absolute Gasteiger partial charge is 0.326 e. The summed E-state index contributed by atoms with van der Waals surface area (Å²) in [6, 6.07) is -0.550. The molecule has 0 radical (unpaired) electrons. The lowest BCUT2D eigenvalue weighted by Crippen LogP contribution is -2.51. The molecule has 5 heteroatoms. The van der Waals surface area contributed by atoms with Gasteiger partial charge in [0.2, 0.25) is 0 Å². The fourth-order valence-corrected chi connectivity index (χ4v) is 4.65. The first-order valence-electron chi connectivity index (χ1n) is 8.36. The van der Waals surface area contributed by atoms with Crippen molar-refractivity contribution in [2.75, 3.05) is 6.54 Å². The molecule has 1 aliphatic heterocycles. The van der Waals surface area contributed by atoms with Crippen LogP contribution in [0.1, 0.15) is 51.9 Å². The van der Waals surface area contributed by atoms with Gasteiger partial charge in [0.1, 0.15) is 6.04 Å². The molecule has 2 N–H and O–H groups in total. The minimum absolute atomic E-state index is 0.157. The van der Waals surface area contributed by atoms with Gasteiger partial charge in [0, 0.05) is 12.6 Å². The van der Waals surface area contributed by atoms with Crippen LogP contribution in [-0.2, 0) is 4.79 Å². The molecule has 3 rings (SSSR count). The van der Waals surface area contributed by atoms with E-state index in [1.165, 1.54) is 6.42 Å². The molecule has 2 saturated carbocycles. The third-order valence-corrected chi connectivity index (χ3v) is 5.67. The summed E-state index contributed by atoms with van der Waals surface area (Å²) in [6.45, 7) is 2.84. The lowest BCUT2D eigenvalue weighted by molar-refractivity contribution is -0.142. The molecule has 1 heterocycles. The molecule has 5 unspecified atom stereocenters. The second-order valence-electron chi connectivity index (χ2n) is 7.21. The van der Waals surface area contributed by atoms with Gasteiger partial charge in [-0.05, 0) is 43.4 Å². The highest BCUT2D eigenvalue weighted by atomic mass is 16.4. The first kappa shape index (κ1) is 14.7. The number of fused-ring (bicyclic) bond motifs is 1. The Hall–Kier alpha value is -1.26. The minimum Gasteiger partial charge on any atom is -0.480 e. The zero-order chi connectivity index (χ0) is 15.0. The molecule has 21 heavy (non-hydrogen) atoms. The Bertz CT molecular complexity index is 426. The van der Waals surface area contributed by atoms with Crippen molar-refractivity contribution in [1.29, 1.82) is 0 Å². The lowest BCUT2D eigenvalue weighted by Gasteiger charge is -2.31. The van der Waals surface area contributed by atoms with Gasteiger partial charge < -0.3 is 15.3 Å². The maximum absolute atomic E-state index is 12.5. The molecule has 5 nitrogen and oxygen atoms in total. The number of urea groups is 1. The van der Waals surface area contributed by atoms with Crippen molar-refractivity contribution in [2.45, 2.75) is 64.0 Å². The van der Waals surface area contributed by atoms with Gasteiger partial charge in [-0.2, -0.15) is 0 Å². The van der Waals surface area contributed by atoms with Crippen molar-refractivity contribution < 1.29 is 14.7 Å². The number of hydrogen-bond donors (Lipinski definition) is 2. The number of carbonyl (C=O) groups excluding carboxylic acids is 1. The minimum atomic E-state index is -0.837. The van der Waals surface area contributed by atoms with Crippen LogP contribution in [0.4, 0.5) is 4.79 Å². The van der Waals surface area contributed by atoms with Gasteiger partial charge in [0.05, 0.1) is 0 Å². The molecule has 5 atom stereocenters. The van der Waals surface area contributed by atoms with Crippen molar-refractivity contribution >= 4 is 12.0 Å². The molecule has 0 aromatic heterocycles. The summed E-state index contributed by atoms with van der Waals surface area (Å²) in [4.78, 5) is 25.7. The topological polar surface area (TPSA) is 69.6 Å². The molecular formula is C16H26N2O3. The van der Waals surface area contributed by atoms with Crippen LogP contribution in [0.2, 0.25) is 0 Å². The number of carboxylic acids is 1. The SMILES string of the molecule is CC1CCCC(NC(=O)N2CC3CCCC3C2C(=O)O)C1. The van der Waals surface area contributed by atoms with Gasteiger partial charge in [0.15, 0.2) is 0 Å². The summed E-state index contributed by atoms with van der Waals surface area (Å²) in [6.07, 6.45) is 7.55. The van der Waals surface area contributed by atoms with E-state index in [0.29, 0.717) is 18.4 Å². The first-order valence-corrected chi connectivity index (χ1v) is 8.36. The van der Waals surface area contributed by atoms with E-state index in [1.807, 2.05) is 0 Å². The first-order chi connectivity index (χ1) is 10.1. The third-order valence-electron chi connectivity index (χ3n) is 5.67. The second kappa shape index (κ2) is 5.85. The Morgan fingerprint density at radius 1 is 1.14 bits per heavy atom. The van der Waals surface area contributed by atoms with Crippen LogP contribution in [-0.4, -0.2) is 40.6 Å². The summed E-state index contributed by atoms with van der Waals surface area (Å²) < 4.78 is 0. The van der Waals surface area contributed by atoms with Crippen LogP contribution >= 0.6 is 0 Å². The van der Waals surface area contributed by atoms with Gasteiger partial charge in [0.25, 0.3) is 0 Å². The molecule has 1 saturated heterocycles. The van der Waals surface area contributed by atoms with E-state index in [0.717, 1.165) is 38.5 Å². The zero-order valence-corrected chi connectivity index (χ0v) is 12.8. The van der Waals surface area contributed by atoms with Crippen LogP contribution in [0.5, 0.6) is 0 Å². The van der Waals surface area contributed by atoms with Gasteiger partial charge in [-0.25, -0.2) is 9.59 Å². The normalized spacial score (nSPS) is 39.1. The highest BCUT2D eigenvalue weighted by molar-refractivity contribution is 5.84. The fraction of sp³-hybridized carbons (Fsp3) is 0.875. The fourth-order valence-electron chi connectivity index (χ4n) is 4.65. The quantitative estimate of drug-likeness (QED) is 0.822. The summed E-state index contributed by atoms with van der Waals surface area (Å²) in [5.74, 6) is 0.370. The Balaban J connectivity index is 1.64. The van der Waals surface area contributed by atoms with Crippen molar-refractivity contribution in [3.63, 3.8) is 0 Å². The van der Waals surface area contributed by atoms with E-state index in [1.54, 1.807) is 4.90 Å². The summed E-state index contributed by atoms with van der Waals surface area (Å²) in [5.41, 5.74) is 0.